The van der Waals surface area contributed by atoms with E-state index in [2.05, 4.69) is 53.2 Å². The molecule has 1 saturated heterocycles. The Balaban J connectivity index is 1.51. The van der Waals surface area contributed by atoms with Gasteiger partial charge < -0.3 is 10.2 Å². The van der Waals surface area contributed by atoms with Gasteiger partial charge in [-0.3, -0.25) is 9.69 Å². The van der Waals surface area contributed by atoms with Gasteiger partial charge in [0.15, 0.2) is 5.65 Å². The Morgan fingerprint density at radius 1 is 0.972 bits per heavy atom. The largest absolute Gasteiger partial charge is 0.344 e. The third kappa shape index (κ3) is 5.17. The first-order valence-electron chi connectivity index (χ1n) is 12.7. The molecule has 0 radical (unpaired) electrons. The van der Waals surface area contributed by atoms with E-state index in [1.54, 1.807) is 6.20 Å². The second-order valence-electron chi connectivity index (χ2n) is 9.88. The third-order valence-corrected chi connectivity index (χ3v) is 6.91. The fourth-order valence-corrected chi connectivity index (χ4v) is 4.78. The molecular weight excluding hydrogens is 448 g/mol. The van der Waals surface area contributed by atoms with Crippen molar-refractivity contribution in [2.45, 2.75) is 25.9 Å². The molecule has 7 nitrogen and oxygen atoms in total. The molecule has 0 bridgehead atoms. The molecule has 1 fully saturated rings. The molecule has 186 valence electrons. The van der Waals surface area contributed by atoms with Gasteiger partial charge in [0.2, 0.25) is 0 Å². The summed E-state index contributed by atoms with van der Waals surface area (Å²) in [5, 5.41) is 8.70. The van der Waals surface area contributed by atoms with Crippen LogP contribution in [0, 0.1) is 0 Å². The molecule has 2 aromatic carbocycles. The van der Waals surface area contributed by atoms with E-state index >= 15 is 0 Å². The van der Waals surface area contributed by atoms with E-state index in [1.807, 2.05) is 59.3 Å². The second-order valence-corrected chi connectivity index (χ2v) is 9.88. The minimum absolute atomic E-state index is 0.106. The fraction of sp³-hybridized carbons (Fsp3) is 0.345. The van der Waals surface area contributed by atoms with E-state index in [0.717, 1.165) is 60.6 Å². The van der Waals surface area contributed by atoms with Gasteiger partial charge in [0.1, 0.15) is 0 Å². The molecule has 1 aliphatic rings. The number of carbonyl (C=O) groups excluding carboxylic acids is 1. The molecule has 4 aromatic rings. The molecule has 7 heteroatoms. The molecule has 2 aromatic heterocycles. The quantitative estimate of drug-likeness (QED) is 0.423. The van der Waals surface area contributed by atoms with Gasteiger partial charge in [-0.2, -0.15) is 5.10 Å². The summed E-state index contributed by atoms with van der Waals surface area (Å²) in [5.74, 6) is -0.106. The molecule has 5 rings (SSSR count). The highest BCUT2D eigenvalue weighted by molar-refractivity contribution is 6.06. The molecule has 0 aliphatic carbocycles. The van der Waals surface area contributed by atoms with E-state index in [1.165, 1.54) is 0 Å². The number of rotatable bonds is 7. The van der Waals surface area contributed by atoms with Gasteiger partial charge in [-0.1, -0.05) is 60.7 Å². The molecular formula is C29H34N6O. The molecule has 1 aliphatic heterocycles. The number of benzene rings is 2. The van der Waals surface area contributed by atoms with E-state index < -0.39 is 0 Å². The lowest BCUT2D eigenvalue weighted by molar-refractivity contribution is 0.0909. The number of carbonyl (C=O) groups is 1. The average molecular weight is 483 g/mol. The molecule has 0 spiro atoms. The number of aromatic nitrogens is 3. The van der Waals surface area contributed by atoms with Crippen LogP contribution in [0.2, 0.25) is 0 Å². The first kappa shape index (κ1) is 24.2. The van der Waals surface area contributed by atoms with Crippen LogP contribution >= 0.6 is 0 Å². The molecule has 1 amide bonds. The van der Waals surface area contributed by atoms with Crippen LogP contribution in [0.25, 0.3) is 22.3 Å². The summed E-state index contributed by atoms with van der Waals surface area (Å²) in [5.41, 5.74) is 4.18. The normalized spacial score (nSPS) is 15.9. The van der Waals surface area contributed by atoms with Crippen LogP contribution in [0.4, 0.5) is 0 Å². The summed E-state index contributed by atoms with van der Waals surface area (Å²) in [6, 6.07) is 22.2. The van der Waals surface area contributed by atoms with Gasteiger partial charge in [0.25, 0.3) is 5.91 Å². The zero-order chi connectivity index (χ0) is 25.1. The highest BCUT2D eigenvalue weighted by Gasteiger charge is 2.24. The zero-order valence-electron chi connectivity index (χ0n) is 21.3. The van der Waals surface area contributed by atoms with Crippen molar-refractivity contribution in [2.75, 3.05) is 39.8 Å². The van der Waals surface area contributed by atoms with Crippen molar-refractivity contribution in [3.63, 3.8) is 0 Å². The number of piperazine rings is 1. The van der Waals surface area contributed by atoms with E-state index in [-0.39, 0.29) is 18.0 Å². The van der Waals surface area contributed by atoms with Crippen molar-refractivity contribution in [1.82, 2.24) is 29.9 Å². The van der Waals surface area contributed by atoms with Crippen LogP contribution < -0.4 is 5.32 Å². The monoisotopic (exact) mass is 482 g/mol. The first-order chi connectivity index (χ1) is 17.5. The van der Waals surface area contributed by atoms with Crippen molar-refractivity contribution in [3.05, 3.63) is 84.1 Å². The summed E-state index contributed by atoms with van der Waals surface area (Å²) in [6.07, 6.45) is 1.77. The standard InChI is InChI=1S/C29H34N6O/c1-21(2)35-28-25(19-30-35)24(18-26(31-28)22-10-6-4-7-11-22)29(36)32-27(23-12-8-5-9-13-23)20-34-16-14-33(3)15-17-34/h4-13,18-19,21,27H,14-17,20H2,1-3H3,(H,32,36). The van der Waals surface area contributed by atoms with Crippen molar-refractivity contribution in [3.8, 4) is 11.3 Å². The van der Waals surface area contributed by atoms with Crippen LogP contribution in [-0.2, 0) is 0 Å². The Bertz CT molecular complexity index is 1310. The number of amides is 1. The van der Waals surface area contributed by atoms with Crippen molar-refractivity contribution in [2.24, 2.45) is 0 Å². The second kappa shape index (κ2) is 10.6. The lowest BCUT2D eigenvalue weighted by Crippen LogP contribution is -2.47. The van der Waals surface area contributed by atoms with Crippen LogP contribution in [0.1, 0.15) is 41.9 Å². The first-order valence-corrected chi connectivity index (χ1v) is 12.7. The van der Waals surface area contributed by atoms with Gasteiger partial charge in [-0.05, 0) is 32.5 Å². The number of hydrogen-bond acceptors (Lipinski definition) is 5. The molecule has 36 heavy (non-hydrogen) atoms. The van der Waals surface area contributed by atoms with Gasteiger partial charge in [0.05, 0.1) is 28.9 Å². The summed E-state index contributed by atoms with van der Waals surface area (Å²) >= 11 is 0. The minimum Gasteiger partial charge on any atom is -0.344 e. The molecule has 0 saturated carbocycles. The Labute approximate surface area is 212 Å². The van der Waals surface area contributed by atoms with Crippen LogP contribution in [0.5, 0.6) is 0 Å². The topological polar surface area (TPSA) is 66.3 Å². The Kier molecular flexibility index (Phi) is 7.11. The van der Waals surface area contributed by atoms with Crippen LogP contribution in [0.15, 0.2) is 72.9 Å². The summed E-state index contributed by atoms with van der Waals surface area (Å²) in [4.78, 5) is 23.6. The van der Waals surface area contributed by atoms with Gasteiger partial charge in [-0.25, -0.2) is 9.67 Å². The van der Waals surface area contributed by atoms with E-state index in [9.17, 15) is 4.79 Å². The number of pyridine rings is 1. The Morgan fingerprint density at radius 3 is 2.31 bits per heavy atom. The van der Waals surface area contributed by atoms with E-state index in [4.69, 9.17) is 4.98 Å². The van der Waals surface area contributed by atoms with Crippen LogP contribution in [0.3, 0.4) is 0 Å². The molecule has 1 atom stereocenters. The maximum Gasteiger partial charge on any atom is 0.252 e. The lowest BCUT2D eigenvalue weighted by Gasteiger charge is -2.35. The van der Waals surface area contributed by atoms with Crippen molar-refractivity contribution >= 4 is 16.9 Å². The maximum absolute atomic E-state index is 13.9. The summed E-state index contributed by atoms with van der Waals surface area (Å²) in [7, 11) is 2.16. The third-order valence-electron chi connectivity index (χ3n) is 6.91. The molecule has 1 unspecified atom stereocenters. The predicted molar refractivity (Wildman–Crippen MR) is 144 cm³/mol. The van der Waals surface area contributed by atoms with Gasteiger partial charge >= 0.3 is 0 Å². The van der Waals surface area contributed by atoms with Crippen molar-refractivity contribution in [1.29, 1.82) is 0 Å². The van der Waals surface area contributed by atoms with Crippen LogP contribution in [-0.4, -0.2) is 70.2 Å². The highest BCUT2D eigenvalue weighted by Crippen LogP contribution is 2.27. The van der Waals surface area contributed by atoms with E-state index in [0.29, 0.717) is 5.56 Å². The summed E-state index contributed by atoms with van der Waals surface area (Å²) in [6.45, 7) is 8.98. The highest BCUT2D eigenvalue weighted by atomic mass is 16.1. The van der Waals surface area contributed by atoms with Crippen molar-refractivity contribution < 1.29 is 4.79 Å². The Morgan fingerprint density at radius 2 is 1.64 bits per heavy atom. The minimum atomic E-state index is -0.120. The maximum atomic E-state index is 13.9. The number of nitrogens with zero attached hydrogens (tertiary/aromatic N) is 5. The fourth-order valence-electron chi connectivity index (χ4n) is 4.78. The number of fused-ring (bicyclic) bond motifs is 1. The average Bonchev–Trinajstić information content (AvgIpc) is 3.34. The summed E-state index contributed by atoms with van der Waals surface area (Å²) < 4.78 is 1.89. The number of nitrogens with one attached hydrogen (secondary N) is 1. The molecule has 1 N–H and O–H groups in total. The zero-order valence-corrected chi connectivity index (χ0v) is 21.3. The predicted octanol–water partition coefficient (Wildman–Crippen LogP) is 4.40. The number of hydrogen-bond donors (Lipinski definition) is 1. The Hall–Kier alpha value is -3.55. The number of likely N-dealkylation sites (N-methyl/N-ethyl adjacent to an activating group) is 1. The smallest absolute Gasteiger partial charge is 0.252 e. The van der Waals surface area contributed by atoms with Gasteiger partial charge in [0, 0.05) is 44.3 Å². The van der Waals surface area contributed by atoms with Gasteiger partial charge in [-0.15, -0.1) is 0 Å². The lowest BCUT2D eigenvalue weighted by atomic mass is 10.0. The molecule has 3 heterocycles. The SMILES string of the molecule is CC(C)n1ncc2c(C(=O)NC(CN3CCN(C)CC3)c3ccccc3)cc(-c3ccccc3)nc21.